The average Bonchev–Trinajstić information content (AvgIpc) is 2.46. The molecular formula is C17H34N2O. The number of rotatable bonds is 6. The van der Waals surface area contributed by atoms with Gasteiger partial charge in [-0.05, 0) is 83.5 Å². The molecule has 0 aromatic heterocycles. The van der Waals surface area contributed by atoms with Crippen LogP contribution in [-0.4, -0.2) is 48.3 Å². The number of hydrogen-bond donors (Lipinski definition) is 2. The molecule has 1 saturated carbocycles. The normalized spacial score (nSPS) is 31.4. The van der Waals surface area contributed by atoms with Crippen LogP contribution >= 0.6 is 0 Å². The van der Waals surface area contributed by atoms with E-state index in [2.05, 4.69) is 24.1 Å². The maximum absolute atomic E-state index is 9.74. The molecule has 1 aliphatic carbocycles. The zero-order valence-electron chi connectivity index (χ0n) is 13.5. The minimum Gasteiger partial charge on any atom is -0.393 e. The fourth-order valence-electron chi connectivity index (χ4n) is 3.96. The van der Waals surface area contributed by atoms with Gasteiger partial charge in [0, 0.05) is 6.04 Å². The number of piperidine rings is 1. The summed E-state index contributed by atoms with van der Waals surface area (Å²) in [6.45, 7) is 9.58. The van der Waals surface area contributed by atoms with Crippen molar-refractivity contribution < 1.29 is 5.11 Å². The zero-order chi connectivity index (χ0) is 14.4. The molecule has 3 nitrogen and oxygen atoms in total. The van der Waals surface area contributed by atoms with E-state index in [4.69, 9.17) is 0 Å². The van der Waals surface area contributed by atoms with E-state index in [-0.39, 0.29) is 6.10 Å². The molecule has 2 fully saturated rings. The van der Waals surface area contributed by atoms with Crippen molar-refractivity contribution in [3.05, 3.63) is 0 Å². The quantitative estimate of drug-likeness (QED) is 0.786. The first-order valence-electron chi connectivity index (χ1n) is 8.82. The minimum absolute atomic E-state index is 0.0388. The third kappa shape index (κ3) is 5.01. The number of nitrogens with one attached hydrogen (secondary N) is 1. The average molecular weight is 282 g/mol. The van der Waals surface area contributed by atoms with Crippen LogP contribution in [0.5, 0.6) is 0 Å². The van der Waals surface area contributed by atoms with E-state index in [9.17, 15) is 5.11 Å². The first-order valence-corrected chi connectivity index (χ1v) is 8.82. The van der Waals surface area contributed by atoms with Crippen molar-refractivity contribution >= 4 is 0 Å². The summed E-state index contributed by atoms with van der Waals surface area (Å²) in [6.07, 6.45) is 8.47. The molecule has 20 heavy (non-hydrogen) atoms. The van der Waals surface area contributed by atoms with Crippen LogP contribution < -0.4 is 5.32 Å². The van der Waals surface area contributed by atoms with Gasteiger partial charge in [0.2, 0.25) is 0 Å². The van der Waals surface area contributed by atoms with E-state index in [0.29, 0.717) is 12.0 Å². The highest BCUT2D eigenvalue weighted by Gasteiger charge is 2.25. The van der Waals surface area contributed by atoms with Gasteiger partial charge in [-0.3, -0.25) is 0 Å². The number of hydrogen-bond acceptors (Lipinski definition) is 3. The van der Waals surface area contributed by atoms with E-state index in [1.807, 2.05) is 0 Å². The monoisotopic (exact) mass is 282 g/mol. The van der Waals surface area contributed by atoms with Crippen LogP contribution in [0.1, 0.15) is 58.8 Å². The molecule has 3 atom stereocenters. The molecule has 2 rings (SSSR count). The molecule has 1 aliphatic heterocycles. The second kappa shape index (κ2) is 8.35. The molecule has 0 spiro atoms. The Kier molecular flexibility index (Phi) is 6.79. The van der Waals surface area contributed by atoms with Gasteiger partial charge in [0.15, 0.2) is 0 Å². The number of aliphatic hydroxyl groups is 1. The number of aliphatic hydroxyl groups excluding tert-OH is 1. The summed E-state index contributed by atoms with van der Waals surface area (Å²) in [4.78, 5) is 2.61. The third-order valence-electron chi connectivity index (χ3n) is 5.36. The predicted molar refractivity (Wildman–Crippen MR) is 84.9 cm³/mol. The molecule has 2 N–H and O–H groups in total. The van der Waals surface area contributed by atoms with Gasteiger partial charge >= 0.3 is 0 Å². The first kappa shape index (κ1) is 16.3. The lowest BCUT2D eigenvalue weighted by molar-refractivity contribution is 0.0970. The summed E-state index contributed by atoms with van der Waals surface area (Å²) < 4.78 is 0. The molecule has 1 saturated heterocycles. The van der Waals surface area contributed by atoms with Crippen LogP contribution in [0.4, 0.5) is 0 Å². The molecule has 0 amide bonds. The molecule has 2 aliphatic rings. The summed E-state index contributed by atoms with van der Waals surface area (Å²) >= 11 is 0. The van der Waals surface area contributed by atoms with Gasteiger partial charge in [0.25, 0.3) is 0 Å². The standard InChI is InChI=1S/C17H34N2O/c1-3-9-19-10-7-16(8-11-19)14(2)18-13-15-5-4-6-17(20)12-15/h14-18,20H,3-13H2,1-2H3. The molecule has 3 heteroatoms. The molecule has 0 bridgehead atoms. The largest absolute Gasteiger partial charge is 0.393 e. The number of likely N-dealkylation sites (tertiary alicyclic amines) is 1. The Morgan fingerprint density at radius 3 is 2.60 bits per heavy atom. The molecule has 0 radical (unpaired) electrons. The molecular weight excluding hydrogens is 248 g/mol. The highest BCUT2D eigenvalue weighted by molar-refractivity contribution is 4.81. The lowest BCUT2D eigenvalue weighted by Gasteiger charge is -2.36. The summed E-state index contributed by atoms with van der Waals surface area (Å²) in [5.41, 5.74) is 0. The Hall–Kier alpha value is -0.120. The van der Waals surface area contributed by atoms with Crippen molar-refractivity contribution in [2.75, 3.05) is 26.2 Å². The van der Waals surface area contributed by atoms with Crippen molar-refractivity contribution in [2.45, 2.75) is 70.9 Å². The number of nitrogens with zero attached hydrogens (tertiary/aromatic N) is 1. The van der Waals surface area contributed by atoms with Gasteiger partial charge < -0.3 is 15.3 Å². The highest BCUT2D eigenvalue weighted by Crippen LogP contribution is 2.25. The van der Waals surface area contributed by atoms with E-state index in [1.54, 1.807) is 0 Å². The second-order valence-corrected chi connectivity index (χ2v) is 7.06. The molecule has 0 aromatic carbocycles. The highest BCUT2D eigenvalue weighted by atomic mass is 16.3. The van der Waals surface area contributed by atoms with Gasteiger partial charge in [-0.25, -0.2) is 0 Å². The third-order valence-corrected chi connectivity index (χ3v) is 5.36. The molecule has 3 unspecified atom stereocenters. The van der Waals surface area contributed by atoms with Crippen LogP contribution in [0.2, 0.25) is 0 Å². The maximum atomic E-state index is 9.74. The van der Waals surface area contributed by atoms with Crippen LogP contribution in [-0.2, 0) is 0 Å². The molecule has 0 aromatic rings. The topological polar surface area (TPSA) is 35.5 Å². The van der Waals surface area contributed by atoms with Crippen LogP contribution in [0, 0.1) is 11.8 Å². The van der Waals surface area contributed by atoms with Crippen LogP contribution in [0.3, 0.4) is 0 Å². The Bertz CT molecular complexity index is 264. The lowest BCUT2D eigenvalue weighted by Crippen LogP contribution is -2.43. The van der Waals surface area contributed by atoms with Crippen molar-refractivity contribution in [1.82, 2.24) is 10.2 Å². The molecule has 1 heterocycles. The van der Waals surface area contributed by atoms with Crippen molar-refractivity contribution in [1.29, 1.82) is 0 Å². The predicted octanol–water partition coefficient (Wildman–Crippen LogP) is 2.64. The van der Waals surface area contributed by atoms with Crippen molar-refractivity contribution in [3.8, 4) is 0 Å². The van der Waals surface area contributed by atoms with E-state index in [0.717, 1.165) is 25.3 Å². The van der Waals surface area contributed by atoms with Crippen LogP contribution in [0.15, 0.2) is 0 Å². The lowest BCUT2D eigenvalue weighted by atomic mass is 9.86. The summed E-state index contributed by atoms with van der Waals surface area (Å²) in [5.74, 6) is 1.54. The fraction of sp³-hybridized carbons (Fsp3) is 1.00. The van der Waals surface area contributed by atoms with E-state index in [1.165, 1.54) is 51.7 Å². The smallest absolute Gasteiger partial charge is 0.0543 e. The summed E-state index contributed by atoms with van der Waals surface area (Å²) in [7, 11) is 0. The van der Waals surface area contributed by atoms with Gasteiger partial charge in [-0.2, -0.15) is 0 Å². The van der Waals surface area contributed by atoms with E-state index >= 15 is 0 Å². The zero-order valence-corrected chi connectivity index (χ0v) is 13.5. The first-order chi connectivity index (χ1) is 9.69. The fourth-order valence-corrected chi connectivity index (χ4v) is 3.96. The Labute approximate surface area is 125 Å². The van der Waals surface area contributed by atoms with Gasteiger partial charge in [-0.15, -0.1) is 0 Å². The van der Waals surface area contributed by atoms with Gasteiger partial charge in [-0.1, -0.05) is 13.3 Å². The van der Waals surface area contributed by atoms with Gasteiger partial charge in [0.1, 0.15) is 0 Å². The Morgan fingerprint density at radius 1 is 1.20 bits per heavy atom. The van der Waals surface area contributed by atoms with E-state index < -0.39 is 0 Å². The summed E-state index contributed by atoms with van der Waals surface area (Å²) in [5, 5.41) is 13.5. The maximum Gasteiger partial charge on any atom is 0.0543 e. The minimum atomic E-state index is -0.0388. The molecule has 118 valence electrons. The van der Waals surface area contributed by atoms with Gasteiger partial charge in [0.05, 0.1) is 6.10 Å². The second-order valence-electron chi connectivity index (χ2n) is 7.06. The van der Waals surface area contributed by atoms with Crippen molar-refractivity contribution in [2.24, 2.45) is 11.8 Å². The SMILES string of the molecule is CCCN1CCC(C(C)NCC2CCCC(O)C2)CC1. The Balaban J connectivity index is 1.63. The van der Waals surface area contributed by atoms with Crippen LogP contribution in [0.25, 0.3) is 0 Å². The van der Waals surface area contributed by atoms with Crippen molar-refractivity contribution in [3.63, 3.8) is 0 Å². The summed E-state index contributed by atoms with van der Waals surface area (Å²) in [6, 6.07) is 0.637. The Morgan fingerprint density at radius 2 is 1.95 bits per heavy atom.